The van der Waals surface area contributed by atoms with Crippen molar-refractivity contribution in [2.75, 3.05) is 0 Å². The second-order valence-corrected chi connectivity index (χ2v) is 12.3. The van der Waals surface area contributed by atoms with E-state index in [1.54, 1.807) is 0 Å². The number of hydrogen-bond donors (Lipinski definition) is 0. The second-order valence-electron chi connectivity index (χ2n) is 12.3. The molecule has 3 heterocycles. The van der Waals surface area contributed by atoms with Crippen molar-refractivity contribution in [3.63, 3.8) is 0 Å². The number of hydrogen-bond acceptors (Lipinski definition) is 0. The molecule has 3 heteroatoms. The molecule has 12 aromatic rings. The van der Waals surface area contributed by atoms with Crippen LogP contribution in [0, 0.1) is 0 Å². The largest absolute Gasteiger partial charge is 0.308 e. The zero-order chi connectivity index (χ0) is 67.9. The number of rotatable bonds is 5. The molecule has 0 unspecified atom stereocenters. The van der Waals surface area contributed by atoms with E-state index >= 15 is 0 Å². The van der Waals surface area contributed by atoms with Gasteiger partial charge >= 0.3 is 0 Å². The highest BCUT2D eigenvalue weighted by molar-refractivity contribution is 6.16. The molecular weight excluding hydrogens is 691 g/mol. The van der Waals surface area contributed by atoms with E-state index in [1.807, 2.05) is 0 Å². The van der Waals surface area contributed by atoms with Crippen molar-refractivity contribution in [3.8, 4) is 39.3 Å². The Morgan fingerprint density at radius 3 is 1.30 bits per heavy atom. The van der Waals surface area contributed by atoms with E-state index in [2.05, 4.69) is 0 Å². The van der Waals surface area contributed by atoms with Crippen LogP contribution in [0.2, 0.25) is 0 Å². The second kappa shape index (κ2) is 12.5. The molecular formula is C54H35N3. The first kappa shape index (κ1) is 12.7. The van der Waals surface area contributed by atoms with Crippen molar-refractivity contribution in [1.29, 1.82) is 0 Å². The fourth-order valence-corrected chi connectivity index (χ4v) is 7.16. The molecule has 57 heavy (non-hydrogen) atoms. The fraction of sp³-hybridized carbons (Fsp3) is 0. The highest BCUT2D eigenvalue weighted by Gasteiger charge is 2.23. The van der Waals surface area contributed by atoms with Gasteiger partial charge in [-0.15, -0.1) is 0 Å². The normalized spacial score (nSPS) is 20.5. The topological polar surface area (TPSA) is 14.8 Å². The Hall–Kier alpha value is -7.62. The lowest BCUT2D eigenvalue weighted by atomic mass is 9.95. The van der Waals surface area contributed by atoms with Crippen molar-refractivity contribution in [1.82, 2.24) is 13.7 Å². The van der Waals surface area contributed by atoms with E-state index in [0.29, 0.717) is 9.13 Å². The van der Waals surface area contributed by atoms with Crippen molar-refractivity contribution >= 4 is 65.4 Å². The van der Waals surface area contributed by atoms with Gasteiger partial charge in [0.25, 0.3) is 0 Å². The molecule has 0 radical (unpaired) electrons. The van der Waals surface area contributed by atoms with Gasteiger partial charge in [-0.25, -0.2) is 0 Å². The Kier molecular flexibility index (Phi) is 2.78. The lowest BCUT2D eigenvalue weighted by Crippen LogP contribution is -2.02. The molecule has 9 aromatic carbocycles. The molecule has 0 aliphatic carbocycles. The number of para-hydroxylation sites is 6. The highest BCUT2D eigenvalue weighted by atomic mass is 15.1. The molecule has 0 bridgehead atoms. The number of aromatic nitrogens is 3. The zero-order valence-corrected chi connectivity index (χ0v) is 28.3. The smallest absolute Gasteiger partial charge is 0.0782 e. The van der Waals surface area contributed by atoms with Gasteiger partial charge in [0.15, 0.2) is 0 Å². The van der Waals surface area contributed by atoms with E-state index in [1.165, 1.54) is 0 Å². The van der Waals surface area contributed by atoms with E-state index < -0.39 is 316 Å². The first-order valence-corrected chi connectivity index (χ1v) is 16.8. The van der Waals surface area contributed by atoms with Crippen LogP contribution >= 0.6 is 0 Å². The predicted octanol–water partition coefficient (Wildman–Crippen LogP) is 14.3. The van der Waals surface area contributed by atoms with Crippen LogP contribution in [-0.4, -0.2) is 13.7 Å². The van der Waals surface area contributed by atoms with E-state index in [9.17, 15) is 26.0 Å². The van der Waals surface area contributed by atoms with Crippen LogP contribution in [0.1, 0.15) is 48.0 Å². The molecule has 12 rings (SSSR count). The van der Waals surface area contributed by atoms with Crippen molar-refractivity contribution < 1.29 is 48.0 Å². The van der Waals surface area contributed by atoms with Gasteiger partial charge in [-0.05, 0) is 59.5 Å². The van der Waals surface area contributed by atoms with Crippen molar-refractivity contribution in [2.24, 2.45) is 0 Å². The molecule has 0 aliphatic rings. The van der Waals surface area contributed by atoms with Crippen LogP contribution in [0.5, 0.6) is 0 Å². The first-order chi connectivity index (χ1) is 42.9. The summed E-state index contributed by atoms with van der Waals surface area (Å²) in [4.78, 5) is 0. The summed E-state index contributed by atoms with van der Waals surface area (Å²) in [6.07, 6.45) is 0. The summed E-state index contributed by atoms with van der Waals surface area (Å²) in [6, 6.07) is -37.4. The Labute approximate surface area is 378 Å². The SMILES string of the molecule is [2H]c1c([2H])c([2H])c(-c2c([2H])c([2H])c([2H])c(-c3c([2H])c([2H])c([2H])c([2H])c3[2H])c2-n2c3c([2H])c([2H])c([2H])c([2H])c3c3c([2H])c(-n4c5c([2H])c([2H])c([2H])c([2H])c5c5c([2H])c([2H])c([2H])c(-n6c7c([2H])c([2H])c([2H])c([2H])c7c7c([2H])c([2H])c([2H])c([2H])c76)c54)c([2H])c([2H])c32)c([2H])c1[2H]. The minimum Gasteiger partial charge on any atom is -0.308 e. The van der Waals surface area contributed by atoms with Crippen molar-refractivity contribution in [3.05, 3.63) is 211 Å². The molecule has 0 spiro atoms. The molecule has 0 fully saturated rings. The van der Waals surface area contributed by atoms with Crippen LogP contribution in [0.25, 0.3) is 105 Å². The van der Waals surface area contributed by atoms with Gasteiger partial charge in [-0.2, -0.15) is 0 Å². The third-order valence-corrected chi connectivity index (χ3v) is 9.39. The summed E-state index contributed by atoms with van der Waals surface area (Å²) in [6.45, 7) is 0. The molecule has 266 valence electrons. The number of fused-ring (bicyclic) bond motifs is 9. The summed E-state index contributed by atoms with van der Waals surface area (Å²) in [7, 11) is 0. The minimum atomic E-state index is -1.29. The number of nitrogens with zero attached hydrogens (tertiary/aromatic N) is 3. The molecule has 0 saturated carbocycles. The maximum atomic E-state index is 10.5. The predicted molar refractivity (Wildman–Crippen MR) is 240 cm³/mol. The summed E-state index contributed by atoms with van der Waals surface area (Å²) in [5.74, 6) is 0. The molecule has 0 amide bonds. The zero-order valence-electron chi connectivity index (χ0n) is 63.3. The lowest BCUT2D eigenvalue weighted by Gasteiger charge is -2.19. The van der Waals surface area contributed by atoms with Crippen molar-refractivity contribution in [2.45, 2.75) is 0 Å². The molecule has 0 atom stereocenters. The molecule has 3 nitrogen and oxygen atoms in total. The van der Waals surface area contributed by atoms with Gasteiger partial charge in [-0.1, -0.05) is 163 Å². The van der Waals surface area contributed by atoms with Gasteiger partial charge < -0.3 is 13.7 Å². The Morgan fingerprint density at radius 2 is 0.719 bits per heavy atom. The Balaban J connectivity index is 1.43. The molecule has 0 aliphatic heterocycles. The summed E-state index contributed by atoms with van der Waals surface area (Å²) in [5.41, 5.74) is -12.0. The van der Waals surface area contributed by atoms with Gasteiger partial charge in [0, 0.05) is 49.1 Å². The molecule has 0 N–H and O–H groups in total. The molecule has 3 aromatic heterocycles. The van der Waals surface area contributed by atoms with Crippen LogP contribution in [-0.2, 0) is 0 Å². The third-order valence-electron chi connectivity index (χ3n) is 9.39. The van der Waals surface area contributed by atoms with Crippen LogP contribution in [0.15, 0.2) is 211 Å². The average molecular weight is 761 g/mol. The maximum absolute atomic E-state index is 10.5. The van der Waals surface area contributed by atoms with Crippen LogP contribution < -0.4 is 0 Å². The third kappa shape index (κ3) is 4.66. The standard InChI is InChI=1S/C54H35N3/c1-3-17-36(18-4-1)39-25-15-26-40(37-19-5-2-6-20-37)53(39)57-50-31-14-10-24-44(50)46-35-38(33-34-51(46)57)55-47-28-11-9-23-43(47)45-27-16-32-52(54(45)55)56-48-29-12-7-21-41(48)42-22-8-13-30-49(42)56/h1-35H/i1D,2D,3D,4D,5D,6D,7D,8D,9D,10D,11D,12D,13D,14D,15D,16D,17D,18D,19D,20D,21D,22D,23D,24D,25D,26D,27D,28D,29D,30D,31D,32D,33D,34D,35D. The van der Waals surface area contributed by atoms with E-state index in [4.69, 9.17) is 21.9 Å². The quantitative estimate of drug-likeness (QED) is 0.166. The Bertz CT molecular complexity index is 5350. The monoisotopic (exact) mass is 761 g/mol. The summed E-state index contributed by atoms with van der Waals surface area (Å²) in [5, 5.41) is -4.35. The summed E-state index contributed by atoms with van der Waals surface area (Å²) >= 11 is 0. The van der Waals surface area contributed by atoms with E-state index in [0.717, 1.165) is 4.57 Å². The molecule has 0 saturated heterocycles. The summed E-state index contributed by atoms with van der Waals surface area (Å²) < 4.78 is 325. The number of benzene rings is 9. The van der Waals surface area contributed by atoms with E-state index in [-0.39, 0.29) is 0 Å². The Morgan fingerprint density at radius 1 is 0.298 bits per heavy atom. The van der Waals surface area contributed by atoms with Gasteiger partial charge in [0.2, 0.25) is 0 Å². The fourth-order valence-electron chi connectivity index (χ4n) is 7.16. The van der Waals surface area contributed by atoms with Gasteiger partial charge in [0.05, 0.1) is 92.5 Å². The maximum Gasteiger partial charge on any atom is 0.0782 e. The highest BCUT2D eigenvalue weighted by Crippen LogP contribution is 2.44. The average Bonchev–Trinajstić information content (AvgIpc) is 1.49. The lowest BCUT2D eigenvalue weighted by molar-refractivity contribution is 1.13. The van der Waals surface area contributed by atoms with Gasteiger partial charge in [0.1, 0.15) is 0 Å². The van der Waals surface area contributed by atoms with Crippen LogP contribution in [0.3, 0.4) is 0 Å². The minimum absolute atomic E-state index is 0.588. The first-order valence-electron chi connectivity index (χ1n) is 34.3. The van der Waals surface area contributed by atoms with Crippen LogP contribution in [0.4, 0.5) is 0 Å². The van der Waals surface area contributed by atoms with Gasteiger partial charge in [-0.3, -0.25) is 0 Å².